The Kier molecular flexibility index (Phi) is 8.79. The number of hydrogen-bond acceptors (Lipinski definition) is 9. The lowest BCUT2D eigenvalue weighted by atomic mass is 9.91. The van der Waals surface area contributed by atoms with Gasteiger partial charge in [-0.25, -0.2) is 8.42 Å². The summed E-state index contributed by atoms with van der Waals surface area (Å²) in [4.78, 5) is 13.1. The van der Waals surface area contributed by atoms with Crippen molar-refractivity contribution in [1.29, 1.82) is 0 Å². The Morgan fingerprint density at radius 3 is 2.58 bits per heavy atom. The van der Waals surface area contributed by atoms with Gasteiger partial charge in [-0.15, -0.1) is 0 Å². The topological polar surface area (TPSA) is 133 Å². The molecule has 0 aromatic heterocycles. The fraction of sp³-hybridized carbons (Fsp3) is 0.464. The average Bonchev–Trinajstić information content (AvgIpc) is 3.42. The Labute approximate surface area is 233 Å². The number of carbonyl (C=O) groups excluding carboxylic acids is 1. The maximum absolute atomic E-state index is 13.2. The second-order valence-electron chi connectivity index (χ2n) is 9.81. The number of carbonyl (C=O) groups is 1. The second kappa shape index (κ2) is 12.5. The van der Waals surface area contributed by atoms with E-state index in [9.17, 15) is 18.3 Å². The molecule has 0 bridgehead atoms. The molecule has 2 aromatic rings. The van der Waals surface area contributed by atoms with Crippen LogP contribution in [0.3, 0.4) is 0 Å². The van der Waals surface area contributed by atoms with Crippen LogP contribution in [0, 0.1) is 0 Å². The van der Waals surface area contributed by atoms with Crippen molar-refractivity contribution in [2.45, 2.75) is 48.8 Å². The molecule has 1 saturated carbocycles. The first-order valence-corrected chi connectivity index (χ1v) is 14.8. The highest BCUT2D eigenvalue weighted by Crippen LogP contribution is 2.38. The number of aliphatic hydroxyl groups is 1. The molecule has 2 N–H and O–H groups in total. The molecule has 0 radical (unpaired) electrons. The Morgan fingerprint density at radius 2 is 1.88 bits per heavy atom. The Bertz CT molecular complexity index is 1330. The summed E-state index contributed by atoms with van der Waals surface area (Å²) >= 11 is 0. The molecule has 2 heterocycles. The zero-order valence-corrected chi connectivity index (χ0v) is 23.1. The molecule has 40 heavy (non-hydrogen) atoms. The van der Waals surface area contributed by atoms with Gasteiger partial charge in [0.15, 0.2) is 17.3 Å². The van der Waals surface area contributed by atoms with E-state index in [1.807, 2.05) is 18.2 Å². The molecule has 5 rings (SSSR count). The molecule has 1 aliphatic carbocycles. The quantitative estimate of drug-likeness (QED) is 0.392. The number of hydrogen-bond donors (Lipinski definition) is 2. The lowest BCUT2D eigenvalue weighted by molar-refractivity contribution is -0.147. The predicted molar refractivity (Wildman–Crippen MR) is 143 cm³/mol. The van der Waals surface area contributed by atoms with Gasteiger partial charge in [-0.05, 0) is 67.3 Å². The van der Waals surface area contributed by atoms with Crippen molar-refractivity contribution in [2.24, 2.45) is 0 Å². The van der Waals surface area contributed by atoms with Crippen LogP contribution in [0.1, 0.15) is 37.2 Å². The summed E-state index contributed by atoms with van der Waals surface area (Å²) in [6.07, 6.45) is 4.37. The monoisotopic (exact) mass is 574 g/mol. The van der Waals surface area contributed by atoms with Crippen LogP contribution in [-0.4, -0.2) is 76.3 Å². The van der Waals surface area contributed by atoms with Crippen molar-refractivity contribution in [3.05, 3.63) is 59.9 Å². The summed E-state index contributed by atoms with van der Waals surface area (Å²) in [6, 6.07) is 11.8. The normalized spacial score (nSPS) is 20.4. The molecule has 0 saturated heterocycles. The molecular weight excluding hydrogens is 540 g/mol. The highest BCUT2D eigenvalue weighted by atomic mass is 32.2. The lowest BCUT2D eigenvalue weighted by Gasteiger charge is -2.32. The van der Waals surface area contributed by atoms with Crippen LogP contribution in [0.2, 0.25) is 0 Å². The highest BCUT2D eigenvalue weighted by Gasteiger charge is 2.32. The first kappa shape index (κ1) is 28.2. The third-order valence-corrected chi connectivity index (χ3v) is 9.15. The number of rotatable bonds is 12. The summed E-state index contributed by atoms with van der Waals surface area (Å²) in [5.74, 6) is 1.51. The van der Waals surface area contributed by atoms with E-state index in [0.29, 0.717) is 23.7 Å². The molecule has 3 aliphatic rings. The van der Waals surface area contributed by atoms with Crippen LogP contribution in [0.25, 0.3) is 0 Å². The largest absolute Gasteiger partial charge is 0.497 e. The minimum atomic E-state index is -3.89. The van der Waals surface area contributed by atoms with E-state index in [1.165, 1.54) is 19.2 Å². The number of nitrogens with zero attached hydrogens (tertiary/aromatic N) is 1. The van der Waals surface area contributed by atoms with Crippen molar-refractivity contribution in [3.63, 3.8) is 0 Å². The van der Waals surface area contributed by atoms with Gasteiger partial charge >= 0.3 is 0 Å². The van der Waals surface area contributed by atoms with Gasteiger partial charge in [0.05, 0.1) is 25.2 Å². The maximum atomic E-state index is 13.2. The van der Waals surface area contributed by atoms with Crippen LogP contribution in [0.4, 0.5) is 0 Å². The minimum absolute atomic E-state index is 0.00850. The number of nitrogens with one attached hydrogen (secondary N) is 1. The maximum Gasteiger partial charge on any atom is 0.286 e. The second-order valence-corrected chi connectivity index (χ2v) is 11.7. The van der Waals surface area contributed by atoms with Gasteiger partial charge in [-0.1, -0.05) is 6.07 Å². The first-order valence-electron chi connectivity index (χ1n) is 13.3. The molecule has 216 valence electrons. The summed E-state index contributed by atoms with van der Waals surface area (Å²) in [6.45, 7) is -0.317. The summed E-state index contributed by atoms with van der Waals surface area (Å²) < 4.78 is 55.6. The van der Waals surface area contributed by atoms with E-state index in [1.54, 1.807) is 18.2 Å². The van der Waals surface area contributed by atoms with Gasteiger partial charge in [-0.3, -0.25) is 4.79 Å². The third kappa shape index (κ3) is 6.35. The number of methoxy groups -OCH3 is 1. The van der Waals surface area contributed by atoms with E-state index < -0.39 is 16.3 Å². The fourth-order valence-electron chi connectivity index (χ4n) is 4.75. The van der Waals surface area contributed by atoms with Crippen LogP contribution < -0.4 is 19.5 Å². The van der Waals surface area contributed by atoms with Crippen LogP contribution >= 0.6 is 0 Å². The Hall–Kier alpha value is -3.32. The molecule has 2 aliphatic heterocycles. The number of ether oxygens (including phenoxy) is 5. The van der Waals surface area contributed by atoms with E-state index in [4.69, 9.17) is 23.7 Å². The SMILES string of the molecule is COc1ccc(S(=O)(=O)N(CCO)CCO[C@@H]2C[C@H](c3ccc4c(c3)OCO4)C=C(C(=O)NC3CCC3)O2)cc1. The molecule has 11 nitrogen and oxygen atoms in total. The van der Waals surface area contributed by atoms with Crippen molar-refractivity contribution < 1.29 is 42.0 Å². The molecule has 2 aromatic carbocycles. The Balaban J connectivity index is 1.27. The lowest BCUT2D eigenvalue weighted by Crippen LogP contribution is -2.42. The summed E-state index contributed by atoms with van der Waals surface area (Å²) in [5, 5.41) is 12.5. The number of amides is 1. The molecule has 12 heteroatoms. The molecular formula is C28H34N2O9S. The summed E-state index contributed by atoms with van der Waals surface area (Å²) in [7, 11) is -2.39. The minimum Gasteiger partial charge on any atom is -0.497 e. The van der Waals surface area contributed by atoms with Gasteiger partial charge in [0.1, 0.15) is 5.75 Å². The van der Waals surface area contributed by atoms with Gasteiger partial charge < -0.3 is 34.1 Å². The van der Waals surface area contributed by atoms with E-state index in [-0.39, 0.29) is 61.6 Å². The fourth-order valence-corrected chi connectivity index (χ4v) is 6.17. The standard InChI is InChI=1S/C28H34N2O9S/c1-35-22-6-8-23(9-7-22)40(33,34)30(11-13-31)12-14-36-27-17-20(19-5-10-24-25(15-19)38-18-37-24)16-26(39-27)28(32)29-21-3-2-4-21/h5-10,15-16,20-21,27,31H,2-4,11-14,17-18H2,1H3,(H,29,32)/t20-,27+/m1/s1. The molecule has 0 spiro atoms. The summed E-state index contributed by atoms with van der Waals surface area (Å²) in [5.41, 5.74) is 0.916. The van der Waals surface area contributed by atoms with Gasteiger partial charge in [0.25, 0.3) is 5.91 Å². The number of allylic oxidation sites excluding steroid dienone is 1. The molecule has 2 atom stereocenters. The Morgan fingerprint density at radius 1 is 1.10 bits per heavy atom. The van der Waals surface area contributed by atoms with Gasteiger partial charge in [0, 0.05) is 31.5 Å². The average molecular weight is 575 g/mol. The molecule has 1 fully saturated rings. The van der Waals surface area contributed by atoms with Crippen molar-refractivity contribution in [2.75, 3.05) is 40.2 Å². The van der Waals surface area contributed by atoms with E-state index >= 15 is 0 Å². The van der Waals surface area contributed by atoms with Gasteiger partial charge in [-0.2, -0.15) is 4.31 Å². The molecule has 0 unspecified atom stereocenters. The number of benzene rings is 2. The zero-order chi connectivity index (χ0) is 28.1. The van der Waals surface area contributed by atoms with Crippen LogP contribution in [0.5, 0.6) is 17.2 Å². The highest BCUT2D eigenvalue weighted by molar-refractivity contribution is 7.89. The number of fused-ring (bicyclic) bond motifs is 1. The number of sulfonamides is 1. The zero-order valence-electron chi connectivity index (χ0n) is 22.3. The number of aliphatic hydroxyl groups excluding tert-OH is 1. The van der Waals surface area contributed by atoms with Gasteiger partial charge in [0.2, 0.25) is 23.1 Å². The van der Waals surface area contributed by atoms with Crippen molar-refractivity contribution >= 4 is 15.9 Å². The first-order chi connectivity index (χ1) is 19.4. The van der Waals surface area contributed by atoms with E-state index in [2.05, 4.69) is 5.32 Å². The smallest absolute Gasteiger partial charge is 0.286 e. The van der Waals surface area contributed by atoms with Crippen LogP contribution in [0.15, 0.2) is 59.2 Å². The van der Waals surface area contributed by atoms with Crippen molar-refractivity contribution in [1.82, 2.24) is 9.62 Å². The predicted octanol–water partition coefficient (Wildman–Crippen LogP) is 2.51. The van der Waals surface area contributed by atoms with E-state index in [0.717, 1.165) is 29.1 Å². The van der Waals surface area contributed by atoms with Crippen LogP contribution in [-0.2, 0) is 24.3 Å². The third-order valence-electron chi connectivity index (χ3n) is 7.24. The van der Waals surface area contributed by atoms with Crippen molar-refractivity contribution in [3.8, 4) is 17.2 Å². The molecule has 1 amide bonds.